The summed E-state index contributed by atoms with van der Waals surface area (Å²) >= 11 is 0. The Morgan fingerprint density at radius 1 is 0.253 bits per heavy atom. The number of hydrogen-bond donors (Lipinski definition) is 0. The van der Waals surface area contributed by atoms with Crippen LogP contribution in [0.15, 0.2) is 170 Å². The molecule has 0 saturated carbocycles. The van der Waals surface area contributed by atoms with Crippen LogP contribution in [0.1, 0.15) is 252 Å². The van der Waals surface area contributed by atoms with Crippen LogP contribution in [0.2, 0.25) is 0 Å². The molecule has 1 unspecified atom stereocenters. The van der Waals surface area contributed by atoms with E-state index >= 15 is 0 Å². The molecule has 0 radical (unpaired) electrons. The van der Waals surface area contributed by atoms with Gasteiger partial charge in [-0.1, -0.05) is 262 Å². The minimum absolute atomic E-state index is 0.116. The Hall–Kier alpha value is -5.23. The van der Waals surface area contributed by atoms with E-state index in [2.05, 4.69) is 191 Å². The number of rotatable bonds is 55. The van der Waals surface area contributed by atoms with Crippen LogP contribution in [-0.2, 0) is 28.6 Å². The predicted octanol–water partition coefficient (Wildman–Crippen LogP) is 21.9. The second-order valence-corrected chi connectivity index (χ2v) is 20.2. The molecule has 79 heavy (non-hydrogen) atoms. The van der Waals surface area contributed by atoms with Gasteiger partial charge in [-0.05, 0) is 141 Å². The molecule has 1 atom stereocenters. The Bertz CT molecular complexity index is 1820. The Morgan fingerprint density at radius 3 is 0.747 bits per heavy atom. The molecule has 6 heteroatoms. The van der Waals surface area contributed by atoms with Crippen LogP contribution in [0.3, 0.4) is 0 Å². The second kappa shape index (κ2) is 65.3. The molecule has 6 nitrogen and oxygen atoms in total. The smallest absolute Gasteiger partial charge is 0.306 e. The van der Waals surface area contributed by atoms with E-state index in [-0.39, 0.29) is 37.5 Å². The van der Waals surface area contributed by atoms with Crippen molar-refractivity contribution in [2.45, 2.75) is 258 Å². The molecule has 0 aliphatic heterocycles. The first kappa shape index (κ1) is 73.8. The molecular formula is C73H114O6. The van der Waals surface area contributed by atoms with E-state index in [1.807, 2.05) is 0 Å². The zero-order valence-electron chi connectivity index (χ0n) is 50.6. The minimum atomic E-state index is -0.827. The highest BCUT2D eigenvalue weighted by Gasteiger charge is 2.19. The van der Waals surface area contributed by atoms with Gasteiger partial charge in [0.15, 0.2) is 6.10 Å². The summed E-state index contributed by atoms with van der Waals surface area (Å²) in [6.45, 7) is 6.23. The van der Waals surface area contributed by atoms with Crippen molar-refractivity contribution in [3.8, 4) is 0 Å². The number of hydrogen-bond acceptors (Lipinski definition) is 6. The number of esters is 3. The normalized spacial score (nSPS) is 13.3. The molecular weight excluding hydrogens is 973 g/mol. The van der Waals surface area contributed by atoms with E-state index in [9.17, 15) is 14.4 Å². The molecule has 0 amide bonds. The van der Waals surface area contributed by atoms with Crippen LogP contribution in [0.25, 0.3) is 0 Å². The highest BCUT2D eigenvalue weighted by atomic mass is 16.6. The van der Waals surface area contributed by atoms with Gasteiger partial charge < -0.3 is 14.2 Å². The van der Waals surface area contributed by atoms with E-state index in [1.54, 1.807) is 0 Å². The molecule has 0 aliphatic carbocycles. The van der Waals surface area contributed by atoms with E-state index in [0.29, 0.717) is 19.3 Å². The Balaban J connectivity index is 4.42. The van der Waals surface area contributed by atoms with Gasteiger partial charge in [-0.15, -0.1) is 0 Å². The number of allylic oxidation sites excluding steroid dienone is 28. The molecule has 0 rings (SSSR count). The molecule has 0 spiro atoms. The maximum atomic E-state index is 12.9. The van der Waals surface area contributed by atoms with E-state index in [0.717, 1.165) is 161 Å². The Labute approximate surface area is 485 Å². The van der Waals surface area contributed by atoms with Crippen molar-refractivity contribution in [3.05, 3.63) is 170 Å². The third-order valence-electron chi connectivity index (χ3n) is 12.7. The van der Waals surface area contributed by atoms with Gasteiger partial charge in [0.2, 0.25) is 0 Å². The van der Waals surface area contributed by atoms with Crippen LogP contribution >= 0.6 is 0 Å². The van der Waals surface area contributed by atoms with Crippen LogP contribution < -0.4 is 0 Å². The number of carbonyl (C=O) groups excluding carboxylic acids is 3. The minimum Gasteiger partial charge on any atom is -0.462 e. The van der Waals surface area contributed by atoms with Crippen LogP contribution in [0, 0.1) is 0 Å². The average molecular weight is 1090 g/mol. The van der Waals surface area contributed by atoms with Crippen molar-refractivity contribution >= 4 is 17.9 Å². The van der Waals surface area contributed by atoms with Gasteiger partial charge in [0, 0.05) is 19.3 Å². The molecule has 0 heterocycles. The highest BCUT2D eigenvalue weighted by molar-refractivity contribution is 5.71. The maximum absolute atomic E-state index is 12.9. The van der Waals surface area contributed by atoms with Crippen LogP contribution in [0.4, 0.5) is 0 Å². The van der Waals surface area contributed by atoms with Gasteiger partial charge in [-0.25, -0.2) is 0 Å². The highest BCUT2D eigenvalue weighted by Crippen LogP contribution is 2.14. The largest absolute Gasteiger partial charge is 0.462 e. The Morgan fingerprint density at radius 2 is 0.468 bits per heavy atom. The predicted molar refractivity (Wildman–Crippen MR) is 343 cm³/mol. The summed E-state index contributed by atoms with van der Waals surface area (Å²) in [6, 6.07) is 0. The van der Waals surface area contributed by atoms with Crippen LogP contribution in [0.5, 0.6) is 0 Å². The summed E-state index contributed by atoms with van der Waals surface area (Å²) in [5.41, 5.74) is 0. The number of carbonyl (C=O) groups is 3. The molecule has 0 fully saturated rings. The van der Waals surface area contributed by atoms with Crippen LogP contribution in [-0.4, -0.2) is 37.2 Å². The van der Waals surface area contributed by atoms with Gasteiger partial charge in [0.1, 0.15) is 13.2 Å². The lowest BCUT2D eigenvalue weighted by Crippen LogP contribution is -2.30. The van der Waals surface area contributed by atoms with E-state index in [1.165, 1.54) is 44.9 Å². The molecule has 0 aromatic rings. The lowest BCUT2D eigenvalue weighted by Gasteiger charge is -2.18. The van der Waals surface area contributed by atoms with Gasteiger partial charge >= 0.3 is 17.9 Å². The molecule has 0 N–H and O–H groups in total. The fourth-order valence-electron chi connectivity index (χ4n) is 8.08. The van der Waals surface area contributed by atoms with Crippen molar-refractivity contribution in [1.82, 2.24) is 0 Å². The van der Waals surface area contributed by atoms with Gasteiger partial charge in [0.25, 0.3) is 0 Å². The van der Waals surface area contributed by atoms with Gasteiger partial charge in [-0.2, -0.15) is 0 Å². The lowest BCUT2D eigenvalue weighted by atomic mass is 10.1. The summed E-state index contributed by atoms with van der Waals surface area (Å²) in [7, 11) is 0. The monoisotopic (exact) mass is 1090 g/mol. The lowest BCUT2D eigenvalue weighted by molar-refractivity contribution is -0.167. The average Bonchev–Trinajstić information content (AvgIpc) is 3.45. The molecule has 0 aliphatic rings. The topological polar surface area (TPSA) is 78.9 Å². The Kier molecular flexibility index (Phi) is 61.0. The quantitative estimate of drug-likeness (QED) is 0.0261. The summed E-state index contributed by atoms with van der Waals surface area (Å²) in [6.07, 6.45) is 96.5. The fraction of sp³-hybridized carbons (Fsp3) is 0.575. The van der Waals surface area contributed by atoms with Crippen molar-refractivity contribution in [2.75, 3.05) is 13.2 Å². The van der Waals surface area contributed by atoms with Crippen molar-refractivity contribution in [2.24, 2.45) is 0 Å². The standard InChI is InChI=1S/C73H114O6/c1-4-7-10-13-16-19-22-25-28-30-31-32-33-34-35-36-37-38-39-40-41-43-45-48-51-54-57-60-63-66-72(75)78-69-70(68-77-71(74)65-62-59-56-53-50-47-44-27-24-21-18-15-12-9-6-3)79-73(76)67-64-61-58-55-52-49-46-42-29-26-23-20-17-14-11-8-5-2/h7-12,16-21,25-29,31-32,34-35,37-38,44,46,49,55,58,70H,4-6,13-15,22-24,30,33,36,39-43,45,47-48,50-54,56-57,59-69H2,1-3H3/b10-7-,11-8-,12-9-,19-16-,20-17-,21-18-,28-25-,29-26-,32-31-,35-34-,38-37-,44-27-,49-46-,58-55-. The second-order valence-electron chi connectivity index (χ2n) is 20.2. The fourth-order valence-corrected chi connectivity index (χ4v) is 8.08. The van der Waals surface area contributed by atoms with Crippen molar-refractivity contribution in [1.29, 1.82) is 0 Å². The summed E-state index contributed by atoms with van der Waals surface area (Å²) in [5, 5.41) is 0. The molecule has 0 bridgehead atoms. The maximum Gasteiger partial charge on any atom is 0.306 e. The molecule has 442 valence electrons. The number of unbranched alkanes of at least 4 members (excludes halogenated alkanes) is 16. The molecule has 0 aromatic heterocycles. The van der Waals surface area contributed by atoms with Crippen molar-refractivity contribution < 1.29 is 28.6 Å². The summed E-state index contributed by atoms with van der Waals surface area (Å²) in [5.74, 6) is -1.00. The zero-order chi connectivity index (χ0) is 57.1. The van der Waals surface area contributed by atoms with E-state index in [4.69, 9.17) is 14.2 Å². The zero-order valence-corrected chi connectivity index (χ0v) is 50.6. The first-order valence-corrected chi connectivity index (χ1v) is 31.6. The SMILES string of the molecule is CC/C=C\C/C=C\C/C=C\C/C=C\C/C=C\C/C=C\CCCCCCCCCCCCC(=O)OCC(COC(=O)CCCCCCC/C=C\C/C=C\C/C=C\CC)OC(=O)CCC/C=C\C/C=C\C/C=C\C/C=C\C/C=C\CC. The molecule has 0 aromatic carbocycles. The van der Waals surface area contributed by atoms with Gasteiger partial charge in [0.05, 0.1) is 0 Å². The third kappa shape index (κ3) is 63.5. The summed E-state index contributed by atoms with van der Waals surface area (Å²) < 4.78 is 16.8. The first-order valence-electron chi connectivity index (χ1n) is 31.6. The first-order chi connectivity index (χ1) is 39.0. The van der Waals surface area contributed by atoms with E-state index < -0.39 is 6.10 Å². The molecule has 0 saturated heterocycles. The summed E-state index contributed by atoms with van der Waals surface area (Å²) in [4.78, 5) is 38.3. The third-order valence-corrected chi connectivity index (χ3v) is 12.7. The number of ether oxygens (including phenoxy) is 3. The van der Waals surface area contributed by atoms with Crippen molar-refractivity contribution in [3.63, 3.8) is 0 Å². The van der Waals surface area contributed by atoms with Gasteiger partial charge in [-0.3, -0.25) is 14.4 Å².